The van der Waals surface area contributed by atoms with Gasteiger partial charge >= 0.3 is 0 Å². The summed E-state index contributed by atoms with van der Waals surface area (Å²) < 4.78 is 0. The zero-order valence-corrected chi connectivity index (χ0v) is 42.7. The van der Waals surface area contributed by atoms with E-state index in [1.165, 1.54) is 255 Å². The van der Waals surface area contributed by atoms with Crippen molar-refractivity contribution in [1.29, 1.82) is 0 Å². The second-order valence-corrected chi connectivity index (χ2v) is 23.8. The summed E-state index contributed by atoms with van der Waals surface area (Å²) in [5.41, 5.74) is 2.65. The average molecular weight is 876 g/mol. The molecule has 0 aliphatic heterocycles. The lowest BCUT2D eigenvalue weighted by molar-refractivity contribution is -0.186. The standard InChI is InChI=1S/C64H106/c1-2-5-10-16-22-29-43-58(42-28-21-15-9-4-1)63(59-44-30-23-17-11-8-12-18-24-31-45-59)53-39-26-20-14-7-3-6-13-19-25-34-50-62(57-52-51-55-40-35-36-41-56(55)54-57)64(63,61-48-37-38-49-61)60-46-32-27-33-47-60/h35-36,40-41,51-52,54,58-62H,1-34,37-39,42-50,53H2. The number of rotatable bonds is 5. The van der Waals surface area contributed by atoms with E-state index in [0.717, 1.165) is 23.7 Å². The molecule has 362 valence electrons. The molecule has 2 aromatic carbocycles. The normalized spacial score (nSPS) is 30.4. The predicted molar refractivity (Wildman–Crippen MR) is 283 cm³/mol. The molecule has 3 atom stereocenters. The van der Waals surface area contributed by atoms with E-state index in [1.807, 2.05) is 5.56 Å². The van der Waals surface area contributed by atoms with Crippen LogP contribution >= 0.6 is 0 Å². The summed E-state index contributed by atoms with van der Waals surface area (Å²) in [4.78, 5) is 0. The third-order valence-electron chi connectivity index (χ3n) is 19.9. The van der Waals surface area contributed by atoms with E-state index in [0.29, 0.717) is 16.7 Å². The average Bonchev–Trinajstić information content (AvgIpc) is 3.86. The van der Waals surface area contributed by atoms with Crippen LogP contribution in [0.1, 0.15) is 313 Å². The van der Waals surface area contributed by atoms with Crippen LogP contribution in [0.2, 0.25) is 0 Å². The Morgan fingerprint density at radius 3 is 0.969 bits per heavy atom. The summed E-state index contributed by atoms with van der Waals surface area (Å²) in [6.07, 6.45) is 70.9. The molecule has 3 unspecified atom stereocenters. The fourth-order valence-electron chi connectivity index (χ4n) is 17.0. The van der Waals surface area contributed by atoms with Gasteiger partial charge in [-0.15, -0.1) is 0 Å². The maximum atomic E-state index is 2.84. The van der Waals surface area contributed by atoms with Gasteiger partial charge in [-0.05, 0) is 121 Å². The van der Waals surface area contributed by atoms with Gasteiger partial charge in [0, 0.05) is 0 Å². The summed E-state index contributed by atoms with van der Waals surface area (Å²) in [7, 11) is 0. The van der Waals surface area contributed by atoms with Crippen molar-refractivity contribution in [1.82, 2.24) is 0 Å². The Bertz CT molecular complexity index is 1460. The molecule has 2 aromatic rings. The van der Waals surface area contributed by atoms with Gasteiger partial charge in [0.05, 0.1) is 0 Å². The first-order chi connectivity index (χ1) is 31.8. The van der Waals surface area contributed by atoms with Crippen molar-refractivity contribution in [2.24, 2.45) is 34.5 Å². The highest BCUT2D eigenvalue weighted by Gasteiger charge is 2.66. The second-order valence-electron chi connectivity index (χ2n) is 23.8. The Labute approximate surface area is 399 Å². The SMILES string of the molecule is c1ccc2cc(C3CCCCCCCCCCCCCC(C4CCCCCCCCCCCCCC4)(C4CCCCCCCCCCC4)C3(C3CCCCC3)C3CCCC3)ccc2c1. The third kappa shape index (κ3) is 13.9. The molecular weight excluding hydrogens is 769 g/mol. The molecule has 5 aliphatic rings. The molecule has 0 radical (unpaired) electrons. The zero-order chi connectivity index (χ0) is 43.8. The van der Waals surface area contributed by atoms with E-state index in [9.17, 15) is 0 Å². The predicted octanol–water partition coefficient (Wildman–Crippen LogP) is 21.8. The minimum absolute atomic E-state index is 0.402. The number of benzene rings is 2. The first-order valence-electron chi connectivity index (χ1n) is 30.3. The van der Waals surface area contributed by atoms with E-state index >= 15 is 0 Å². The van der Waals surface area contributed by atoms with Crippen molar-refractivity contribution in [2.75, 3.05) is 0 Å². The molecule has 0 bridgehead atoms. The van der Waals surface area contributed by atoms with Gasteiger partial charge in [0.15, 0.2) is 0 Å². The Morgan fingerprint density at radius 2 is 0.562 bits per heavy atom. The number of hydrogen-bond donors (Lipinski definition) is 0. The highest BCUT2D eigenvalue weighted by Crippen LogP contribution is 2.74. The molecule has 5 saturated carbocycles. The minimum Gasteiger partial charge on any atom is -0.0616 e. The third-order valence-corrected chi connectivity index (χ3v) is 19.9. The molecule has 0 nitrogen and oxygen atoms in total. The van der Waals surface area contributed by atoms with Crippen LogP contribution in [0.15, 0.2) is 42.5 Å². The maximum Gasteiger partial charge on any atom is -0.00943 e. The van der Waals surface area contributed by atoms with Gasteiger partial charge in [-0.25, -0.2) is 0 Å². The van der Waals surface area contributed by atoms with Gasteiger partial charge in [0.2, 0.25) is 0 Å². The van der Waals surface area contributed by atoms with E-state index < -0.39 is 0 Å². The second kappa shape index (κ2) is 28.9. The number of fused-ring (bicyclic) bond motifs is 1. The van der Waals surface area contributed by atoms with E-state index in [4.69, 9.17) is 0 Å². The van der Waals surface area contributed by atoms with Gasteiger partial charge in [0.1, 0.15) is 0 Å². The summed E-state index contributed by atoms with van der Waals surface area (Å²) in [6, 6.07) is 17.8. The van der Waals surface area contributed by atoms with Gasteiger partial charge in [-0.2, -0.15) is 0 Å². The zero-order valence-electron chi connectivity index (χ0n) is 42.7. The van der Waals surface area contributed by atoms with Crippen molar-refractivity contribution in [3.8, 4) is 0 Å². The van der Waals surface area contributed by atoms with Crippen molar-refractivity contribution >= 4 is 10.8 Å². The van der Waals surface area contributed by atoms with Crippen LogP contribution in [0.5, 0.6) is 0 Å². The minimum atomic E-state index is 0.402. The van der Waals surface area contributed by atoms with Crippen molar-refractivity contribution in [2.45, 2.75) is 308 Å². The quantitative estimate of drug-likeness (QED) is 0.281. The Kier molecular flexibility index (Phi) is 22.8. The Balaban J connectivity index is 1.49. The summed E-state index contributed by atoms with van der Waals surface area (Å²) in [6.45, 7) is 0. The fourth-order valence-corrected chi connectivity index (χ4v) is 17.0. The monoisotopic (exact) mass is 875 g/mol. The van der Waals surface area contributed by atoms with E-state index in [-0.39, 0.29) is 0 Å². The molecule has 0 saturated heterocycles. The largest absolute Gasteiger partial charge is 0.0616 e. The lowest BCUT2D eigenvalue weighted by atomic mass is 9.36. The van der Waals surface area contributed by atoms with Gasteiger partial charge in [-0.1, -0.05) is 280 Å². The lowest BCUT2D eigenvalue weighted by Crippen LogP contribution is -2.62. The number of hydrogen-bond acceptors (Lipinski definition) is 0. The lowest BCUT2D eigenvalue weighted by Gasteiger charge is -2.68. The molecule has 0 spiro atoms. The summed E-state index contributed by atoms with van der Waals surface area (Å²) in [5.74, 6) is 4.32. The fraction of sp³-hybridized carbons (Fsp3) is 0.844. The van der Waals surface area contributed by atoms with Crippen LogP contribution in [-0.2, 0) is 0 Å². The van der Waals surface area contributed by atoms with Gasteiger partial charge < -0.3 is 0 Å². The highest BCUT2D eigenvalue weighted by atomic mass is 14.7. The molecular formula is C64H106. The molecule has 7 rings (SSSR count). The molecule has 64 heavy (non-hydrogen) atoms. The van der Waals surface area contributed by atoms with Gasteiger partial charge in [-0.3, -0.25) is 0 Å². The first-order valence-corrected chi connectivity index (χ1v) is 30.3. The van der Waals surface area contributed by atoms with Crippen LogP contribution in [0.3, 0.4) is 0 Å². The first kappa shape index (κ1) is 50.6. The molecule has 0 N–H and O–H groups in total. The molecule has 0 amide bonds. The Morgan fingerprint density at radius 1 is 0.266 bits per heavy atom. The van der Waals surface area contributed by atoms with E-state index in [2.05, 4.69) is 42.5 Å². The maximum absolute atomic E-state index is 2.84. The molecule has 0 heteroatoms. The van der Waals surface area contributed by atoms with Crippen LogP contribution in [0.4, 0.5) is 0 Å². The smallest absolute Gasteiger partial charge is 0.00943 e. The van der Waals surface area contributed by atoms with Gasteiger partial charge in [0.25, 0.3) is 0 Å². The van der Waals surface area contributed by atoms with Crippen molar-refractivity contribution in [3.05, 3.63) is 48.0 Å². The van der Waals surface area contributed by atoms with Crippen LogP contribution < -0.4 is 0 Å². The van der Waals surface area contributed by atoms with Crippen LogP contribution in [0.25, 0.3) is 10.8 Å². The summed E-state index contributed by atoms with van der Waals surface area (Å²) in [5, 5.41) is 3.00. The summed E-state index contributed by atoms with van der Waals surface area (Å²) >= 11 is 0. The van der Waals surface area contributed by atoms with Crippen LogP contribution in [-0.4, -0.2) is 0 Å². The molecule has 5 fully saturated rings. The van der Waals surface area contributed by atoms with E-state index in [1.54, 1.807) is 57.8 Å². The topological polar surface area (TPSA) is 0 Å². The van der Waals surface area contributed by atoms with Crippen molar-refractivity contribution in [3.63, 3.8) is 0 Å². The van der Waals surface area contributed by atoms with Crippen molar-refractivity contribution < 1.29 is 0 Å². The Hall–Kier alpha value is -1.30. The molecule has 0 aromatic heterocycles. The highest BCUT2D eigenvalue weighted by molar-refractivity contribution is 5.83. The molecule has 5 aliphatic carbocycles. The molecule has 0 heterocycles. The van der Waals surface area contributed by atoms with Crippen LogP contribution in [0, 0.1) is 34.5 Å².